The van der Waals surface area contributed by atoms with E-state index < -0.39 is 5.82 Å². The molecule has 0 unspecified atom stereocenters. The number of hydrogen-bond acceptors (Lipinski definition) is 8. The number of carbonyl (C=O) groups is 2. The number of halogens is 3. The largest absolute Gasteiger partial charge is 0.454 e. The Bertz CT molecular complexity index is 1770. The Kier molecular flexibility index (Phi) is 9.95. The van der Waals surface area contributed by atoms with Gasteiger partial charge in [-0.15, -0.1) is 0 Å². The molecule has 0 spiro atoms. The summed E-state index contributed by atoms with van der Waals surface area (Å²) in [5, 5.41) is 3.33. The SMILES string of the molecule is CCN(CC(=O)N1CCN(Cc2ccc3c(c2)OCO3)CC1)c1ccc(Oc2ccc(NC(=O)c3ccc(Cl)c(Cl)c3)cn2)c(F)c1. The lowest BCUT2D eigenvalue weighted by Gasteiger charge is -2.36. The first-order chi connectivity index (χ1) is 22.7. The molecule has 244 valence electrons. The second kappa shape index (κ2) is 14.5. The number of pyridine rings is 1. The number of ether oxygens (including phenoxy) is 3. The van der Waals surface area contributed by atoms with Crippen LogP contribution < -0.4 is 24.4 Å². The number of rotatable bonds is 10. The number of amides is 2. The standard InChI is InChI=1S/C34H32Cl2FN5O5/c1-2-41(20-33(43)42-13-11-40(12-14-42)19-22-3-8-30-31(15-22)46-21-45-30)25-6-9-29(28(37)17-25)47-32-10-5-24(18-38-32)39-34(44)23-4-7-26(35)27(36)16-23/h3-10,15-18H,2,11-14,19-21H2,1H3,(H,39,44). The van der Waals surface area contributed by atoms with E-state index in [-0.39, 0.29) is 41.8 Å². The quantitative estimate of drug-likeness (QED) is 0.204. The Balaban J connectivity index is 0.996. The van der Waals surface area contributed by atoms with Crippen LogP contribution in [0.4, 0.5) is 15.8 Å². The van der Waals surface area contributed by atoms with Gasteiger partial charge in [-0.2, -0.15) is 0 Å². The van der Waals surface area contributed by atoms with Gasteiger partial charge in [0.1, 0.15) is 0 Å². The fraction of sp³-hybridized carbons (Fsp3) is 0.265. The molecule has 3 aromatic carbocycles. The van der Waals surface area contributed by atoms with Crippen LogP contribution in [-0.4, -0.2) is 72.7 Å². The number of piperazine rings is 1. The van der Waals surface area contributed by atoms with E-state index >= 15 is 4.39 Å². The number of nitrogens with one attached hydrogen (secondary N) is 1. The third-order valence-corrected chi connectivity index (χ3v) is 8.69. The lowest BCUT2D eigenvalue weighted by atomic mass is 10.1. The summed E-state index contributed by atoms with van der Waals surface area (Å²) in [7, 11) is 0. The van der Waals surface area contributed by atoms with E-state index in [0.29, 0.717) is 41.6 Å². The van der Waals surface area contributed by atoms with Crippen molar-refractivity contribution in [3.63, 3.8) is 0 Å². The number of aromatic nitrogens is 1. The molecule has 47 heavy (non-hydrogen) atoms. The number of fused-ring (bicyclic) bond motifs is 1. The summed E-state index contributed by atoms with van der Waals surface area (Å²) in [5.74, 6) is 0.663. The van der Waals surface area contributed by atoms with Crippen LogP contribution in [0.3, 0.4) is 0 Å². The zero-order valence-electron chi connectivity index (χ0n) is 25.5. The third kappa shape index (κ3) is 7.87. The summed E-state index contributed by atoms with van der Waals surface area (Å²) in [6.45, 7) is 6.34. The molecule has 6 rings (SSSR count). The van der Waals surface area contributed by atoms with Crippen molar-refractivity contribution in [2.24, 2.45) is 0 Å². The third-order valence-electron chi connectivity index (χ3n) is 7.95. The Morgan fingerprint density at radius 2 is 1.77 bits per heavy atom. The molecular formula is C34H32Cl2FN5O5. The highest BCUT2D eigenvalue weighted by Crippen LogP contribution is 2.33. The van der Waals surface area contributed by atoms with Crippen LogP contribution in [0.25, 0.3) is 0 Å². The van der Waals surface area contributed by atoms with E-state index in [4.69, 9.17) is 37.4 Å². The van der Waals surface area contributed by atoms with E-state index in [2.05, 4.69) is 15.2 Å². The maximum absolute atomic E-state index is 15.1. The fourth-order valence-electron chi connectivity index (χ4n) is 5.34. The Hall–Kier alpha value is -4.58. The zero-order chi connectivity index (χ0) is 32.9. The topological polar surface area (TPSA) is 96.5 Å². The molecule has 0 bridgehead atoms. The molecule has 2 aliphatic heterocycles. The van der Waals surface area contributed by atoms with E-state index in [9.17, 15) is 9.59 Å². The highest BCUT2D eigenvalue weighted by molar-refractivity contribution is 6.42. The van der Waals surface area contributed by atoms with Crippen LogP contribution in [0.5, 0.6) is 23.1 Å². The molecule has 0 atom stereocenters. The van der Waals surface area contributed by atoms with Crippen molar-refractivity contribution in [1.82, 2.24) is 14.8 Å². The van der Waals surface area contributed by atoms with E-state index in [1.54, 1.807) is 18.2 Å². The number of anilines is 2. The summed E-state index contributed by atoms with van der Waals surface area (Å²) in [6, 6.07) is 18.2. The number of likely N-dealkylation sites (N-methyl/N-ethyl adjacent to an activating group) is 1. The molecule has 4 aromatic rings. The first kappa shape index (κ1) is 32.4. The minimum absolute atomic E-state index is 0.00847. The lowest BCUT2D eigenvalue weighted by molar-refractivity contribution is -0.131. The van der Waals surface area contributed by atoms with Crippen LogP contribution >= 0.6 is 23.2 Å². The first-order valence-corrected chi connectivity index (χ1v) is 15.8. The monoisotopic (exact) mass is 679 g/mol. The molecular weight excluding hydrogens is 648 g/mol. The summed E-state index contributed by atoms with van der Waals surface area (Å²) < 4.78 is 31.7. The molecule has 0 radical (unpaired) electrons. The van der Waals surface area contributed by atoms with E-state index in [1.165, 1.54) is 36.5 Å². The Labute approximate surface area is 281 Å². The normalized spacial score (nSPS) is 14.2. The first-order valence-electron chi connectivity index (χ1n) is 15.1. The van der Waals surface area contributed by atoms with Crippen LogP contribution in [-0.2, 0) is 11.3 Å². The minimum atomic E-state index is -0.593. The molecule has 3 heterocycles. The van der Waals surface area contributed by atoms with Gasteiger partial charge in [-0.05, 0) is 61.0 Å². The highest BCUT2D eigenvalue weighted by Gasteiger charge is 2.24. The molecule has 1 N–H and O–H groups in total. The van der Waals surface area contributed by atoms with Crippen LogP contribution in [0.1, 0.15) is 22.8 Å². The predicted molar refractivity (Wildman–Crippen MR) is 177 cm³/mol. The highest BCUT2D eigenvalue weighted by atomic mass is 35.5. The van der Waals surface area contributed by atoms with Crippen molar-refractivity contribution < 1.29 is 28.2 Å². The Morgan fingerprint density at radius 1 is 0.957 bits per heavy atom. The van der Waals surface area contributed by atoms with Gasteiger partial charge in [0.25, 0.3) is 5.91 Å². The molecule has 1 fully saturated rings. The molecule has 10 nitrogen and oxygen atoms in total. The van der Waals surface area contributed by atoms with Gasteiger partial charge in [-0.1, -0.05) is 29.3 Å². The van der Waals surface area contributed by atoms with Crippen molar-refractivity contribution in [3.8, 4) is 23.1 Å². The smallest absolute Gasteiger partial charge is 0.255 e. The van der Waals surface area contributed by atoms with Gasteiger partial charge in [-0.3, -0.25) is 14.5 Å². The molecule has 2 aliphatic rings. The average molecular weight is 681 g/mol. The van der Waals surface area contributed by atoms with Crippen molar-refractivity contribution in [2.45, 2.75) is 13.5 Å². The van der Waals surface area contributed by atoms with Gasteiger partial charge in [0, 0.05) is 62.7 Å². The maximum Gasteiger partial charge on any atom is 0.255 e. The minimum Gasteiger partial charge on any atom is -0.454 e. The molecule has 0 saturated carbocycles. The van der Waals surface area contributed by atoms with Crippen molar-refractivity contribution in [2.75, 3.05) is 56.3 Å². The van der Waals surface area contributed by atoms with Gasteiger partial charge >= 0.3 is 0 Å². The molecule has 2 amide bonds. The predicted octanol–water partition coefficient (Wildman–Crippen LogP) is 6.47. The number of hydrogen-bond donors (Lipinski definition) is 1. The van der Waals surface area contributed by atoms with E-state index in [1.807, 2.05) is 34.9 Å². The van der Waals surface area contributed by atoms with Gasteiger partial charge in [0.15, 0.2) is 23.1 Å². The van der Waals surface area contributed by atoms with Gasteiger partial charge in [0.2, 0.25) is 18.6 Å². The maximum atomic E-state index is 15.1. The molecule has 1 saturated heterocycles. The summed E-state index contributed by atoms with van der Waals surface area (Å²) in [5.41, 5.74) is 2.46. The summed E-state index contributed by atoms with van der Waals surface area (Å²) >= 11 is 11.9. The van der Waals surface area contributed by atoms with Crippen molar-refractivity contribution >= 4 is 46.4 Å². The van der Waals surface area contributed by atoms with Gasteiger partial charge in [0.05, 0.1) is 28.5 Å². The lowest BCUT2D eigenvalue weighted by Crippen LogP contribution is -2.51. The zero-order valence-corrected chi connectivity index (χ0v) is 27.1. The fourth-order valence-corrected chi connectivity index (χ4v) is 5.64. The second-order valence-corrected chi connectivity index (χ2v) is 11.9. The van der Waals surface area contributed by atoms with Crippen LogP contribution in [0, 0.1) is 5.82 Å². The number of carbonyl (C=O) groups excluding carboxylic acids is 2. The summed E-state index contributed by atoms with van der Waals surface area (Å²) in [4.78, 5) is 35.9. The number of nitrogens with zero attached hydrogens (tertiary/aromatic N) is 4. The van der Waals surface area contributed by atoms with Gasteiger partial charge in [-0.25, -0.2) is 9.37 Å². The van der Waals surface area contributed by atoms with E-state index in [0.717, 1.165) is 36.7 Å². The average Bonchev–Trinajstić information content (AvgIpc) is 3.55. The Morgan fingerprint density at radius 3 is 2.49 bits per heavy atom. The summed E-state index contributed by atoms with van der Waals surface area (Å²) in [6.07, 6.45) is 1.40. The van der Waals surface area contributed by atoms with Gasteiger partial charge < -0.3 is 29.3 Å². The van der Waals surface area contributed by atoms with Crippen molar-refractivity contribution in [3.05, 3.63) is 99.9 Å². The molecule has 0 aliphatic carbocycles. The van der Waals surface area contributed by atoms with Crippen LogP contribution in [0.15, 0.2) is 72.9 Å². The van der Waals surface area contributed by atoms with Crippen molar-refractivity contribution in [1.29, 1.82) is 0 Å². The number of benzene rings is 3. The molecule has 13 heteroatoms. The molecule has 1 aromatic heterocycles. The second-order valence-electron chi connectivity index (χ2n) is 11.0. The van der Waals surface area contributed by atoms with Crippen LogP contribution in [0.2, 0.25) is 10.0 Å².